The summed E-state index contributed by atoms with van der Waals surface area (Å²) < 4.78 is 5.00. The van der Waals surface area contributed by atoms with Gasteiger partial charge in [-0.3, -0.25) is 4.79 Å². The van der Waals surface area contributed by atoms with Crippen LogP contribution in [0.3, 0.4) is 0 Å². The second-order valence-corrected chi connectivity index (χ2v) is 6.32. The van der Waals surface area contributed by atoms with Crippen LogP contribution in [0.4, 0.5) is 5.69 Å². The summed E-state index contributed by atoms with van der Waals surface area (Å²) in [6, 6.07) is 9.96. The average molecular weight is 435 g/mol. The molecule has 0 aromatic heterocycles. The van der Waals surface area contributed by atoms with E-state index in [0.29, 0.717) is 5.56 Å². The van der Waals surface area contributed by atoms with Gasteiger partial charge in [-0.2, -0.15) is 5.26 Å². The number of anilines is 1. The standard InChI is InChI=1S/C19H12Cl2N2O6/c20-14-5-10(6-15(21)17(14)29-9-16(24)25)4-12(8-22)18(26)23-13-3-1-2-11(7-13)19(27)28/h1-7H,9H2,(H,23,26)(H,24,25)(H,27,28)/b12-4-. The number of amides is 1. The van der Waals surface area contributed by atoms with Crippen LogP contribution in [-0.4, -0.2) is 34.7 Å². The SMILES string of the molecule is N#C/C(=C/c1cc(Cl)c(OCC(=O)O)c(Cl)c1)C(=O)Nc1cccc(C(=O)O)c1. The van der Waals surface area contributed by atoms with Crippen molar-refractivity contribution in [2.24, 2.45) is 0 Å². The van der Waals surface area contributed by atoms with Gasteiger partial charge >= 0.3 is 11.9 Å². The first-order valence-electron chi connectivity index (χ1n) is 7.81. The fourth-order valence-electron chi connectivity index (χ4n) is 2.18. The molecule has 29 heavy (non-hydrogen) atoms. The number of rotatable bonds is 7. The van der Waals surface area contributed by atoms with Gasteiger partial charge in [0.25, 0.3) is 5.91 Å². The summed E-state index contributed by atoms with van der Waals surface area (Å²) in [6.07, 6.45) is 1.22. The van der Waals surface area contributed by atoms with E-state index < -0.39 is 24.5 Å². The fourth-order valence-corrected chi connectivity index (χ4v) is 2.79. The number of benzene rings is 2. The number of carbonyl (C=O) groups excluding carboxylic acids is 1. The van der Waals surface area contributed by atoms with Gasteiger partial charge in [-0.25, -0.2) is 9.59 Å². The van der Waals surface area contributed by atoms with E-state index in [-0.39, 0.29) is 32.6 Å². The Bertz CT molecular complexity index is 1040. The minimum atomic E-state index is -1.21. The number of aromatic carboxylic acids is 1. The molecule has 0 saturated carbocycles. The highest BCUT2D eigenvalue weighted by atomic mass is 35.5. The van der Waals surface area contributed by atoms with E-state index in [2.05, 4.69) is 5.32 Å². The smallest absolute Gasteiger partial charge is 0.341 e. The van der Waals surface area contributed by atoms with E-state index >= 15 is 0 Å². The number of carbonyl (C=O) groups is 3. The van der Waals surface area contributed by atoms with Gasteiger partial charge in [-0.15, -0.1) is 0 Å². The number of nitrogens with one attached hydrogen (secondary N) is 1. The predicted octanol–water partition coefficient (Wildman–Crippen LogP) is 3.70. The van der Waals surface area contributed by atoms with Crippen LogP contribution in [0.1, 0.15) is 15.9 Å². The van der Waals surface area contributed by atoms with E-state index in [0.717, 1.165) is 0 Å². The molecule has 3 N–H and O–H groups in total. The van der Waals surface area contributed by atoms with Gasteiger partial charge in [0.15, 0.2) is 12.4 Å². The number of nitriles is 1. The summed E-state index contributed by atoms with van der Waals surface area (Å²) in [5, 5.41) is 29.4. The van der Waals surface area contributed by atoms with Crippen molar-refractivity contribution >= 4 is 52.8 Å². The summed E-state index contributed by atoms with van der Waals surface area (Å²) in [4.78, 5) is 33.9. The number of nitrogens with zero attached hydrogens (tertiary/aromatic N) is 1. The maximum atomic E-state index is 12.3. The van der Waals surface area contributed by atoms with Gasteiger partial charge in [0, 0.05) is 5.69 Å². The average Bonchev–Trinajstić information content (AvgIpc) is 2.65. The molecule has 0 heterocycles. The zero-order valence-electron chi connectivity index (χ0n) is 14.5. The summed E-state index contributed by atoms with van der Waals surface area (Å²) in [5.74, 6) is -3.18. The van der Waals surface area contributed by atoms with Gasteiger partial charge < -0.3 is 20.3 Å². The Morgan fingerprint density at radius 2 is 1.79 bits per heavy atom. The molecule has 0 unspecified atom stereocenters. The second-order valence-electron chi connectivity index (χ2n) is 5.51. The van der Waals surface area contributed by atoms with E-state index in [9.17, 15) is 19.6 Å². The predicted molar refractivity (Wildman–Crippen MR) is 105 cm³/mol. The Labute approximate surface area is 174 Å². The third-order valence-corrected chi connectivity index (χ3v) is 3.97. The van der Waals surface area contributed by atoms with Crippen molar-refractivity contribution in [2.45, 2.75) is 0 Å². The second kappa shape index (κ2) is 9.59. The van der Waals surface area contributed by atoms with Gasteiger partial charge in [-0.05, 0) is 42.0 Å². The molecule has 2 rings (SSSR count). The van der Waals surface area contributed by atoms with Crippen LogP contribution >= 0.6 is 23.2 Å². The summed E-state index contributed by atoms with van der Waals surface area (Å²) in [7, 11) is 0. The van der Waals surface area contributed by atoms with Gasteiger partial charge in [0.05, 0.1) is 15.6 Å². The number of ether oxygens (including phenoxy) is 1. The molecule has 0 fully saturated rings. The van der Waals surface area contributed by atoms with Crippen LogP contribution in [0.5, 0.6) is 5.75 Å². The first-order valence-corrected chi connectivity index (χ1v) is 8.57. The highest BCUT2D eigenvalue weighted by molar-refractivity contribution is 6.37. The summed E-state index contributed by atoms with van der Waals surface area (Å²) >= 11 is 12.1. The highest BCUT2D eigenvalue weighted by Gasteiger charge is 2.14. The molecule has 1 amide bonds. The molecule has 0 atom stereocenters. The van der Waals surface area contributed by atoms with Crippen molar-refractivity contribution in [1.29, 1.82) is 5.26 Å². The molecular weight excluding hydrogens is 423 g/mol. The van der Waals surface area contributed by atoms with Crippen molar-refractivity contribution in [3.05, 3.63) is 63.1 Å². The minimum absolute atomic E-state index is 0.00291. The topological polar surface area (TPSA) is 137 Å². The van der Waals surface area contributed by atoms with E-state index in [1.807, 2.05) is 0 Å². The molecule has 0 spiro atoms. The number of hydrogen-bond donors (Lipinski definition) is 3. The first-order chi connectivity index (χ1) is 13.7. The maximum absolute atomic E-state index is 12.3. The molecule has 0 aliphatic rings. The third-order valence-electron chi connectivity index (χ3n) is 3.40. The molecule has 2 aromatic rings. The van der Waals surface area contributed by atoms with Crippen molar-refractivity contribution < 1.29 is 29.3 Å². The molecule has 8 nitrogen and oxygen atoms in total. The molecule has 2 aromatic carbocycles. The first kappa shape index (κ1) is 21.8. The van der Waals surface area contributed by atoms with Crippen LogP contribution in [-0.2, 0) is 9.59 Å². The van der Waals surface area contributed by atoms with Crippen LogP contribution in [0.2, 0.25) is 10.0 Å². The number of aliphatic carboxylic acids is 1. The monoisotopic (exact) mass is 434 g/mol. The molecule has 0 aliphatic heterocycles. The molecule has 0 saturated heterocycles. The van der Waals surface area contributed by atoms with Crippen LogP contribution in [0.15, 0.2) is 42.0 Å². The van der Waals surface area contributed by atoms with Gasteiger partial charge in [-0.1, -0.05) is 29.3 Å². The normalized spacial score (nSPS) is 10.7. The minimum Gasteiger partial charge on any atom is -0.479 e. The Balaban J connectivity index is 2.26. The lowest BCUT2D eigenvalue weighted by Gasteiger charge is -2.09. The number of hydrogen-bond acceptors (Lipinski definition) is 5. The molecule has 10 heteroatoms. The van der Waals surface area contributed by atoms with E-state index in [1.165, 1.54) is 42.5 Å². The Morgan fingerprint density at radius 3 is 2.34 bits per heavy atom. The molecule has 148 valence electrons. The Hall–Kier alpha value is -3.54. The van der Waals surface area contributed by atoms with Crippen LogP contribution in [0, 0.1) is 11.3 Å². The fraction of sp³-hybridized carbons (Fsp3) is 0.0526. The third kappa shape index (κ3) is 5.97. The molecule has 0 aliphatic carbocycles. The largest absolute Gasteiger partial charge is 0.479 e. The summed E-state index contributed by atoms with van der Waals surface area (Å²) in [6.45, 7) is -0.643. The lowest BCUT2D eigenvalue weighted by atomic mass is 10.1. The number of halogens is 2. The highest BCUT2D eigenvalue weighted by Crippen LogP contribution is 2.35. The quantitative estimate of drug-likeness (QED) is 0.446. The van der Waals surface area contributed by atoms with Gasteiger partial charge in [0.1, 0.15) is 11.6 Å². The Morgan fingerprint density at radius 1 is 1.14 bits per heavy atom. The number of carboxylic acids is 2. The van der Waals surface area contributed by atoms with Crippen molar-refractivity contribution in [3.8, 4) is 11.8 Å². The van der Waals surface area contributed by atoms with Crippen LogP contribution < -0.4 is 10.1 Å². The lowest BCUT2D eigenvalue weighted by molar-refractivity contribution is -0.139. The van der Waals surface area contributed by atoms with Crippen molar-refractivity contribution in [3.63, 3.8) is 0 Å². The summed E-state index contributed by atoms with van der Waals surface area (Å²) in [5.41, 5.74) is 0.177. The molecule has 0 radical (unpaired) electrons. The van der Waals surface area contributed by atoms with Crippen LogP contribution in [0.25, 0.3) is 6.08 Å². The Kier molecular flexibility index (Phi) is 7.20. The van der Waals surface area contributed by atoms with E-state index in [1.54, 1.807) is 6.07 Å². The lowest BCUT2D eigenvalue weighted by Crippen LogP contribution is -2.14. The molecular formula is C19H12Cl2N2O6. The van der Waals surface area contributed by atoms with Crippen molar-refractivity contribution in [2.75, 3.05) is 11.9 Å². The number of carboxylic acid groups (broad SMARTS) is 2. The molecule has 0 bridgehead atoms. The van der Waals surface area contributed by atoms with Crippen molar-refractivity contribution in [1.82, 2.24) is 0 Å². The zero-order valence-corrected chi connectivity index (χ0v) is 16.0. The van der Waals surface area contributed by atoms with E-state index in [4.69, 9.17) is 38.2 Å². The van der Waals surface area contributed by atoms with Gasteiger partial charge in [0.2, 0.25) is 0 Å². The maximum Gasteiger partial charge on any atom is 0.341 e. The zero-order chi connectivity index (χ0) is 21.6.